The molecule has 1 N–H and O–H groups in total. The van der Waals surface area contributed by atoms with Crippen molar-refractivity contribution in [3.63, 3.8) is 0 Å². The van der Waals surface area contributed by atoms with Crippen molar-refractivity contribution in [2.45, 2.75) is 19.9 Å². The number of thiophene rings is 1. The monoisotopic (exact) mass is 262 g/mol. The Bertz CT molecular complexity index is 508. The molecule has 2 rings (SSSR count). The molecule has 0 saturated carbocycles. The Balaban J connectivity index is 2.17. The lowest BCUT2D eigenvalue weighted by Gasteiger charge is -2.17. The molecular weight excluding hydrogens is 244 g/mol. The molecule has 0 aliphatic heterocycles. The van der Waals surface area contributed by atoms with Gasteiger partial charge < -0.3 is 10.2 Å². The van der Waals surface area contributed by atoms with Crippen LogP contribution in [-0.2, 0) is 0 Å². The fourth-order valence-corrected chi connectivity index (χ4v) is 2.51. The lowest BCUT2D eigenvalue weighted by molar-refractivity contribution is 0.860. The first-order valence-corrected chi connectivity index (χ1v) is 6.82. The van der Waals surface area contributed by atoms with Gasteiger partial charge in [0.2, 0.25) is 5.95 Å². The number of anilines is 2. The van der Waals surface area contributed by atoms with E-state index >= 15 is 0 Å². The SMILES string of the molecule is Cc1cnc(NC(C)c2ccsc2)nc1N(C)C. The first-order chi connectivity index (χ1) is 8.58. The van der Waals surface area contributed by atoms with Crippen molar-refractivity contribution in [2.24, 2.45) is 0 Å². The molecule has 0 aromatic carbocycles. The van der Waals surface area contributed by atoms with Crippen LogP contribution in [0.2, 0.25) is 0 Å². The minimum absolute atomic E-state index is 0.217. The first kappa shape index (κ1) is 12.8. The Labute approximate surface area is 112 Å². The lowest BCUT2D eigenvalue weighted by Crippen LogP contribution is -2.15. The third-order valence-corrected chi connectivity index (χ3v) is 3.46. The highest BCUT2D eigenvalue weighted by Crippen LogP contribution is 2.21. The Morgan fingerprint density at radius 2 is 2.17 bits per heavy atom. The van der Waals surface area contributed by atoms with Crippen LogP contribution in [0.15, 0.2) is 23.0 Å². The fourth-order valence-electron chi connectivity index (χ4n) is 1.75. The van der Waals surface area contributed by atoms with Gasteiger partial charge in [-0.15, -0.1) is 0 Å². The van der Waals surface area contributed by atoms with Gasteiger partial charge in [0, 0.05) is 25.9 Å². The second-order valence-corrected chi connectivity index (χ2v) is 5.30. The summed E-state index contributed by atoms with van der Waals surface area (Å²) in [6.07, 6.45) is 1.85. The van der Waals surface area contributed by atoms with Gasteiger partial charge in [-0.05, 0) is 36.2 Å². The van der Waals surface area contributed by atoms with Crippen LogP contribution in [0.1, 0.15) is 24.1 Å². The zero-order valence-electron chi connectivity index (χ0n) is 11.1. The molecule has 0 aliphatic carbocycles. The van der Waals surface area contributed by atoms with Crippen LogP contribution in [0.25, 0.3) is 0 Å². The predicted molar refractivity (Wildman–Crippen MR) is 77.5 cm³/mol. The van der Waals surface area contributed by atoms with Crippen molar-refractivity contribution < 1.29 is 0 Å². The summed E-state index contributed by atoms with van der Waals surface area (Å²) in [6.45, 7) is 4.13. The van der Waals surface area contributed by atoms with Gasteiger partial charge in [-0.1, -0.05) is 0 Å². The summed E-state index contributed by atoms with van der Waals surface area (Å²) >= 11 is 1.70. The Kier molecular flexibility index (Phi) is 3.81. The number of hydrogen-bond donors (Lipinski definition) is 1. The van der Waals surface area contributed by atoms with Gasteiger partial charge in [-0.3, -0.25) is 0 Å². The molecule has 2 aromatic heterocycles. The third kappa shape index (κ3) is 2.79. The summed E-state index contributed by atoms with van der Waals surface area (Å²) in [7, 11) is 3.98. The highest BCUT2D eigenvalue weighted by Gasteiger charge is 2.10. The maximum absolute atomic E-state index is 4.53. The van der Waals surface area contributed by atoms with Crippen LogP contribution >= 0.6 is 11.3 Å². The van der Waals surface area contributed by atoms with E-state index in [9.17, 15) is 0 Å². The Hall–Kier alpha value is -1.62. The number of nitrogens with one attached hydrogen (secondary N) is 1. The van der Waals surface area contributed by atoms with Crippen molar-refractivity contribution >= 4 is 23.1 Å². The summed E-state index contributed by atoms with van der Waals surface area (Å²) in [4.78, 5) is 10.9. The number of aryl methyl sites for hydroxylation is 1. The summed E-state index contributed by atoms with van der Waals surface area (Å²) in [5.74, 6) is 1.62. The molecule has 1 unspecified atom stereocenters. The van der Waals surface area contributed by atoms with Crippen LogP contribution in [0, 0.1) is 6.92 Å². The zero-order chi connectivity index (χ0) is 13.1. The van der Waals surface area contributed by atoms with E-state index in [0.29, 0.717) is 5.95 Å². The van der Waals surface area contributed by atoms with E-state index in [1.165, 1.54) is 5.56 Å². The molecule has 0 amide bonds. The van der Waals surface area contributed by atoms with Crippen molar-refractivity contribution in [2.75, 3.05) is 24.3 Å². The first-order valence-electron chi connectivity index (χ1n) is 5.87. The molecule has 5 heteroatoms. The Morgan fingerprint density at radius 1 is 1.39 bits per heavy atom. The summed E-state index contributed by atoms with van der Waals surface area (Å²) in [5.41, 5.74) is 2.34. The lowest BCUT2D eigenvalue weighted by atomic mass is 10.2. The maximum Gasteiger partial charge on any atom is 0.225 e. The third-order valence-electron chi connectivity index (χ3n) is 2.76. The molecule has 2 aromatic rings. The van der Waals surface area contributed by atoms with E-state index in [1.807, 2.05) is 32.1 Å². The molecule has 1 atom stereocenters. The summed E-state index contributed by atoms with van der Waals surface area (Å²) in [6, 6.07) is 2.33. The van der Waals surface area contributed by atoms with Crippen molar-refractivity contribution in [3.05, 3.63) is 34.2 Å². The van der Waals surface area contributed by atoms with Crippen LogP contribution in [-0.4, -0.2) is 24.1 Å². The van der Waals surface area contributed by atoms with E-state index in [1.54, 1.807) is 11.3 Å². The number of nitrogens with zero attached hydrogens (tertiary/aromatic N) is 3. The molecule has 0 radical (unpaired) electrons. The van der Waals surface area contributed by atoms with Crippen molar-refractivity contribution in [1.29, 1.82) is 0 Å². The van der Waals surface area contributed by atoms with Gasteiger partial charge in [0.15, 0.2) is 0 Å². The van der Waals surface area contributed by atoms with Gasteiger partial charge in [0.25, 0.3) is 0 Å². The molecular formula is C13H18N4S. The molecule has 0 bridgehead atoms. The predicted octanol–water partition coefficient (Wildman–Crippen LogP) is 3.09. The molecule has 0 spiro atoms. The van der Waals surface area contributed by atoms with Crippen molar-refractivity contribution in [3.8, 4) is 0 Å². The highest BCUT2D eigenvalue weighted by molar-refractivity contribution is 7.07. The smallest absolute Gasteiger partial charge is 0.225 e. The maximum atomic E-state index is 4.53. The normalized spacial score (nSPS) is 12.2. The quantitative estimate of drug-likeness (QED) is 0.919. The Morgan fingerprint density at radius 3 is 2.78 bits per heavy atom. The fraction of sp³-hybridized carbons (Fsp3) is 0.385. The molecule has 4 nitrogen and oxygen atoms in total. The highest BCUT2D eigenvalue weighted by atomic mass is 32.1. The van der Waals surface area contributed by atoms with Crippen molar-refractivity contribution in [1.82, 2.24) is 9.97 Å². The zero-order valence-corrected chi connectivity index (χ0v) is 12.0. The van der Waals surface area contributed by atoms with E-state index < -0.39 is 0 Å². The second-order valence-electron chi connectivity index (χ2n) is 4.52. The van der Waals surface area contributed by atoms with Crippen LogP contribution in [0.4, 0.5) is 11.8 Å². The van der Waals surface area contributed by atoms with E-state index in [2.05, 4.69) is 39.0 Å². The van der Waals surface area contributed by atoms with Gasteiger partial charge in [0.05, 0.1) is 6.04 Å². The van der Waals surface area contributed by atoms with Gasteiger partial charge in [-0.2, -0.15) is 16.3 Å². The molecule has 0 aliphatic rings. The van der Waals surface area contributed by atoms with E-state index in [0.717, 1.165) is 11.4 Å². The minimum Gasteiger partial charge on any atom is -0.362 e. The number of rotatable bonds is 4. The van der Waals surface area contributed by atoms with Gasteiger partial charge in [-0.25, -0.2) is 4.98 Å². The van der Waals surface area contributed by atoms with Crippen LogP contribution in [0.3, 0.4) is 0 Å². The second kappa shape index (κ2) is 5.35. The van der Waals surface area contributed by atoms with E-state index in [-0.39, 0.29) is 6.04 Å². The van der Waals surface area contributed by atoms with Crippen LogP contribution in [0.5, 0.6) is 0 Å². The number of aromatic nitrogens is 2. The minimum atomic E-state index is 0.217. The standard InChI is InChI=1S/C13H18N4S/c1-9-7-14-13(16-12(9)17(3)4)15-10(2)11-5-6-18-8-11/h5-8,10H,1-4H3,(H,14,15,16). The number of hydrogen-bond acceptors (Lipinski definition) is 5. The van der Waals surface area contributed by atoms with Gasteiger partial charge >= 0.3 is 0 Å². The van der Waals surface area contributed by atoms with E-state index in [4.69, 9.17) is 0 Å². The average molecular weight is 262 g/mol. The van der Waals surface area contributed by atoms with Crippen LogP contribution < -0.4 is 10.2 Å². The topological polar surface area (TPSA) is 41.1 Å². The molecule has 96 valence electrons. The molecule has 0 saturated heterocycles. The molecule has 2 heterocycles. The average Bonchev–Trinajstić information content (AvgIpc) is 2.85. The molecule has 0 fully saturated rings. The van der Waals surface area contributed by atoms with Gasteiger partial charge in [0.1, 0.15) is 5.82 Å². The summed E-state index contributed by atoms with van der Waals surface area (Å²) in [5, 5.41) is 7.54. The molecule has 18 heavy (non-hydrogen) atoms. The summed E-state index contributed by atoms with van der Waals surface area (Å²) < 4.78 is 0. The largest absolute Gasteiger partial charge is 0.362 e.